The summed E-state index contributed by atoms with van der Waals surface area (Å²) in [7, 11) is 1.57. The van der Waals surface area contributed by atoms with Crippen LogP contribution in [-0.2, 0) is 4.74 Å². The molecule has 1 N–H and O–H groups in total. The molecule has 0 unspecified atom stereocenters. The highest BCUT2D eigenvalue weighted by molar-refractivity contribution is 6.05. The number of ether oxygens (including phenoxy) is 2. The van der Waals surface area contributed by atoms with E-state index in [1.54, 1.807) is 25.4 Å². The third kappa shape index (κ3) is 4.20. The number of hydrogen-bond donors (Lipinski definition) is 1. The Morgan fingerprint density at radius 3 is 2.82 bits per heavy atom. The highest BCUT2D eigenvalue weighted by atomic mass is 16.5. The fourth-order valence-electron chi connectivity index (χ4n) is 4.14. The number of benzene rings is 1. The van der Waals surface area contributed by atoms with Crippen molar-refractivity contribution in [2.75, 3.05) is 38.7 Å². The summed E-state index contributed by atoms with van der Waals surface area (Å²) in [4.78, 5) is 15.2. The van der Waals surface area contributed by atoms with Gasteiger partial charge in [0.15, 0.2) is 0 Å². The second-order valence-electron chi connectivity index (χ2n) is 7.48. The minimum atomic E-state index is -0.185. The van der Waals surface area contributed by atoms with E-state index < -0.39 is 0 Å². The zero-order chi connectivity index (χ0) is 19.3. The lowest BCUT2D eigenvalue weighted by Gasteiger charge is -2.33. The molecule has 7 nitrogen and oxygen atoms in total. The number of likely N-dealkylation sites (tertiary alicyclic amines) is 1. The van der Waals surface area contributed by atoms with Crippen molar-refractivity contribution < 1.29 is 14.3 Å². The minimum absolute atomic E-state index is 0.185. The Labute approximate surface area is 165 Å². The Kier molecular flexibility index (Phi) is 5.92. The van der Waals surface area contributed by atoms with E-state index in [0.29, 0.717) is 23.5 Å². The number of amides is 1. The number of methoxy groups -OCH3 is 1. The highest BCUT2D eigenvalue weighted by Crippen LogP contribution is 2.27. The maximum Gasteiger partial charge on any atom is 0.260 e. The normalized spacial score (nSPS) is 21.0. The van der Waals surface area contributed by atoms with Crippen LogP contribution in [0.3, 0.4) is 0 Å². The van der Waals surface area contributed by atoms with Crippen LogP contribution < -0.4 is 10.1 Å². The molecule has 2 saturated heterocycles. The Balaban J connectivity index is 1.37. The molecule has 0 spiro atoms. The van der Waals surface area contributed by atoms with E-state index in [-0.39, 0.29) is 5.91 Å². The van der Waals surface area contributed by atoms with Crippen molar-refractivity contribution in [3.63, 3.8) is 0 Å². The number of hydrogen-bond acceptors (Lipinski definition) is 5. The van der Waals surface area contributed by atoms with E-state index in [1.165, 1.54) is 12.8 Å². The number of carbonyl (C=O) groups excluding carboxylic acids is 1. The summed E-state index contributed by atoms with van der Waals surface area (Å²) in [5.74, 6) is 1.11. The van der Waals surface area contributed by atoms with Gasteiger partial charge in [-0.3, -0.25) is 4.79 Å². The molecule has 1 aromatic carbocycles. The van der Waals surface area contributed by atoms with E-state index in [1.807, 2.05) is 22.9 Å². The Hall–Kier alpha value is -2.38. The van der Waals surface area contributed by atoms with Crippen molar-refractivity contribution in [1.29, 1.82) is 0 Å². The molecule has 150 valence electrons. The summed E-state index contributed by atoms with van der Waals surface area (Å²) in [6.07, 6.45) is 6.55. The first-order valence-corrected chi connectivity index (χ1v) is 10.1. The summed E-state index contributed by atoms with van der Waals surface area (Å²) in [5.41, 5.74) is 0.518. The van der Waals surface area contributed by atoms with Crippen LogP contribution in [0.15, 0.2) is 36.5 Å². The van der Waals surface area contributed by atoms with Gasteiger partial charge in [0.05, 0.1) is 31.0 Å². The van der Waals surface area contributed by atoms with Gasteiger partial charge in [-0.05, 0) is 37.8 Å². The largest absolute Gasteiger partial charge is 0.496 e. The first-order chi connectivity index (χ1) is 13.7. The summed E-state index contributed by atoms with van der Waals surface area (Å²) in [5, 5.41) is 7.48. The summed E-state index contributed by atoms with van der Waals surface area (Å²) >= 11 is 0. The third-order valence-electron chi connectivity index (χ3n) is 5.65. The molecule has 1 amide bonds. The average Bonchev–Trinajstić information content (AvgIpc) is 3.41. The summed E-state index contributed by atoms with van der Waals surface area (Å²) in [6, 6.07) is 9.38. The van der Waals surface area contributed by atoms with Crippen molar-refractivity contribution in [1.82, 2.24) is 14.7 Å². The van der Waals surface area contributed by atoms with Crippen LogP contribution in [0.25, 0.3) is 0 Å². The molecule has 0 radical (unpaired) electrons. The number of aromatic nitrogens is 2. The smallest absolute Gasteiger partial charge is 0.260 e. The Bertz CT molecular complexity index is 792. The van der Waals surface area contributed by atoms with Crippen LogP contribution >= 0.6 is 0 Å². The monoisotopic (exact) mass is 384 g/mol. The lowest BCUT2D eigenvalue weighted by molar-refractivity contribution is 0.0599. The predicted molar refractivity (Wildman–Crippen MR) is 107 cm³/mol. The van der Waals surface area contributed by atoms with Gasteiger partial charge in [0, 0.05) is 32.3 Å². The van der Waals surface area contributed by atoms with Gasteiger partial charge in [-0.15, -0.1) is 0 Å². The second-order valence-corrected chi connectivity index (χ2v) is 7.48. The zero-order valence-corrected chi connectivity index (χ0v) is 16.3. The first-order valence-electron chi connectivity index (χ1n) is 10.1. The highest BCUT2D eigenvalue weighted by Gasteiger charge is 2.26. The number of piperidine rings is 1. The molecule has 7 heteroatoms. The van der Waals surface area contributed by atoms with Crippen LogP contribution in [0.5, 0.6) is 5.75 Å². The molecule has 28 heavy (non-hydrogen) atoms. The number of carbonyl (C=O) groups is 1. The predicted octanol–water partition coefficient (Wildman–Crippen LogP) is 2.96. The van der Waals surface area contributed by atoms with Crippen molar-refractivity contribution in [2.24, 2.45) is 0 Å². The van der Waals surface area contributed by atoms with E-state index in [2.05, 4.69) is 15.3 Å². The maximum absolute atomic E-state index is 12.7. The quantitative estimate of drug-likeness (QED) is 0.829. The number of para-hydroxylation sites is 1. The van der Waals surface area contributed by atoms with E-state index in [4.69, 9.17) is 9.47 Å². The number of nitrogens with one attached hydrogen (secondary N) is 1. The summed E-state index contributed by atoms with van der Waals surface area (Å²) < 4.78 is 13.0. The van der Waals surface area contributed by atoms with Crippen molar-refractivity contribution in [3.05, 3.63) is 42.1 Å². The molecule has 1 aromatic heterocycles. The molecular formula is C21H28N4O3. The third-order valence-corrected chi connectivity index (χ3v) is 5.65. The van der Waals surface area contributed by atoms with Gasteiger partial charge in [0.1, 0.15) is 11.6 Å². The average molecular weight is 384 g/mol. The molecular weight excluding hydrogens is 356 g/mol. The van der Waals surface area contributed by atoms with Crippen molar-refractivity contribution in [2.45, 2.75) is 37.8 Å². The van der Waals surface area contributed by atoms with E-state index in [0.717, 1.165) is 44.9 Å². The molecule has 0 saturated carbocycles. The molecule has 4 rings (SSSR count). The second kappa shape index (κ2) is 8.75. The van der Waals surface area contributed by atoms with E-state index >= 15 is 0 Å². The molecule has 2 aliphatic rings. The molecule has 2 aliphatic heterocycles. The van der Waals surface area contributed by atoms with Gasteiger partial charge >= 0.3 is 0 Å². The molecule has 0 bridgehead atoms. The molecule has 2 fully saturated rings. The van der Waals surface area contributed by atoms with Gasteiger partial charge in [0.2, 0.25) is 0 Å². The molecule has 1 atom stereocenters. The van der Waals surface area contributed by atoms with Crippen molar-refractivity contribution >= 4 is 11.7 Å². The number of anilines is 1. The topological polar surface area (TPSA) is 68.6 Å². The molecule has 2 aromatic rings. The van der Waals surface area contributed by atoms with Crippen LogP contribution in [0.1, 0.15) is 42.1 Å². The van der Waals surface area contributed by atoms with Gasteiger partial charge in [-0.2, -0.15) is 5.10 Å². The number of rotatable bonds is 6. The van der Waals surface area contributed by atoms with Gasteiger partial charge in [-0.1, -0.05) is 12.1 Å². The summed E-state index contributed by atoms with van der Waals surface area (Å²) in [6.45, 7) is 4.00. The molecule has 0 aliphatic carbocycles. The van der Waals surface area contributed by atoms with Gasteiger partial charge < -0.3 is 19.7 Å². The zero-order valence-electron chi connectivity index (χ0n) is 16.3. The fourth-order valence-corrected chi connectivity index (χ4v) is 4.14. The van der Waals surface area contributed by atoms with Gasteiger partial charge in [0.25, 0.3) is 5.91 Å². The Morgan fingerprint density at radius 1 is 1.25 bits per heavy atom. The lowest BCUT2D eigenvalue weighted by atomic mass is 10.0. The minimum Gasteiger partial charge on any atom is -0.496 e. The molecule has 3 heterocycles. The Morgan fingerprint density at radius 2 is 2.07 bits per heavy atom. The van der Waals surface area contributed by atoms with Gasteiger partial charge in [-0.25, -0.2) is 4.68 Å². The van der Waals surface area contributed by atoms with Crippen LogP contribution in [0.2, 0.25) is 0 Å². The first kappa shape index (κ1) is 19.0. The van der Waals surface area contributed by atoms with E-state index in [9.17, 15) is 4.79 Å². The maximum atomic E-state index is 12.7. The van der Waals surface area contributed by atoms with Crippen LogP contribution in [-0.4, -0.2) is 60.0 Å². The van der Waals surface area contributed by atoms with Crippen LogP contribution in [0, 0.1) is 0 Å². The lowest BCUT2D eigenvalue weighted by Crippen LogP contribution is -2.39. The fraction of sp³-hybridized carbons (Fsp3) is 0.524. The van der Waals surface area contributed by atoms with Crippen LogP contribution in [0.4, 0.5) is 5.82 Å². The number of nitrogens with zero attached hydrogens (tertiary/aromatic N) is 3. The SMILES string of the molecule is COc1ccccc1C(=O)Nc1ccnn1C1CCN(C[C@@H]2CCCO2)CC1. The standard InChI is InChI=1S/C21H28N4O3/c1-27-19-7-3-2-6-18(19)21(26)23-20-8-11-22-25(20)16-9-12-24(13-10-16)15-17-5-4-14-28-17/h2-3,6-8,11,16-17H,4-5,9-10,12-15H2,1H3,(H,23,26)/t17-/m0/s1. The van der Waals surface area contributed by atoms with Crippen molar-refractivity contribution in [3.8, 4) is 5.75 Å².